The lowest BCUT2D eigenvalue weighted by molar-refractivity contribution is -0.163. The number of ether oxygens (including phenoxy) is 3. The largest absolute Gasteiger partial charge is 0.468 e. The molecule has 0 fully saturated rings. The summed E-state index contributed by atoms with van der Waals surface area (Å²) in [5.41, 5.74) is 0.970. The van der Waals surface area contributed by atoms with Gasteiger partial charge < -0.3 is 19.5 Å². The summed E-state index contributed by atoms with van der Waals surface area (Å²) in [6.07, 6.45) is 0.609. The van der Waals surface area contributed by atoms with Crippen LogP contribution in [0.15, 0.2) is 30.3 Å². The highest BCUT2D eigenvalue weighted by molar-refractivity contribution is 5.96. The maximum Gasteiger partial charge on any atom is 0.328 e. The maximum atomic E-state index is 12.3. The van der Waals surface area contributed by atoms with Crippen molar-refractivity contribution in [3.8, 4) is 0 Å². The highest BCUT2D eigenvalue weighted by Gasteiger charge is 2.42. The Kier molecular flexibility index (Phi) is 8.98. The van der Waals surface area contributed by atoms with Crippen LogP contribution in [-0.2, 0) is 39.8 Å². The Hall–Kier alpha value is -2.90. The molecule has 0 bridgehead atoms. The minimum Gasteiger partial charge on any atom is -0.468 e. The molecule has 0 aromatic heterocycles. The van der Waals surface area contributed by atoms with Crippen LogP contribution >= 0.6 is 0 Å². The fraction of sp³-hybridized carbons (Fsp3) is 0.474. The molecule has 1 rings (SSSR count). The zero-order chi connectivity index (χ0) is 20.4. The molecule has 1 aromatic carbocycles. The Morgan fingerprint density at radius 2 is 1.41 bits per heavy atom. The number of esters is 3. The third kappa shape index (κ3) is 6.40. The van der Waals surface area contributed by atoms with Gasteiger partial charge in [-0.2, -0.15) is 0 Å². The average Bonchev–Trinajstić information content (AvgIpc) is 2.70. The smallest absolute Gasteiger partial charge is 0.328 e. The average molecular weight is 379 g/mol. The van der Waals surface area contributed by atoms with Crippen LogP contribution in [0.5, 0.6) is 0 Å². The number of hydrogen-bond donors (Lipinski definition) is 1. The molecule has 2 atom stereocenters. The van der Waals surface area contributed by atoms with Crippen molar-refractivity contribution in [3.05, 3.63) is 35.9 Å². The quantitative estimate of drug-likeness (QED) is 0.385. The normalized spacial score (nSPS) is 12.6. The monoisotopic (exact) mass is 379 g/mol. The van der Waals surface area contributed by atoms with Gasteiger partial charge in [0.25, 0.3) is 0 Å². The summed E-state index contributed by atoms with van der Waals surface area (Å²) in [4.78, 5) is 48.4. The van der Waals surface area contributed by atoms with Gasteiger partial charge in [0.1, 0.15) is 6.04 Å². The number of nitrogens with one attached hydrogen (secondary N) is 1. The fourth-order valence-electron chi connectivity index (χ4n) is 2.65. The van der Waals surface area contributed by atoms with Gasteiger partial charge in [0.05, 0.1) is 21.3 Å². The molecule has 0 heterocycles. The number of rotatable bonds is 9. The number of benzene rings is 1. The highest BCUT2D eigenvalue weighted by atomic mass is 16.5. The molecule has 148 valence electrons. The lowest BCUT2D eigenvalue weighted by Crippen LogP contribution is -2.51. The van der Waals surface area contributed by atoms with E-state index in [-0.39, 0.29) is 6.42 Å². The fourth-order valence-corrected chi connectivity index (χ4v) is 2.65. The van der Waals surface area contributed by atoms with E-state index in [9.17, 15) is 19.2 Å². The summed E-state index contributed by atoms with van der Waals surface area (Å²) in [5.74, 6) is -5.21. The topological polar surface area (TPSA) is 108 Å². The van der Waals surface area contributed by atoms with Gasteiger partial charge in [-0.25, -0.2) is 4.79 Å². The molecular formula is C19H25NO7. The summed E-state index contributed by atoms with van der Waals surface area (Å²) in [6, 6.07) is 8.17. The molecule has 1 amide bonds. The summed E-state index contributed by atoms with van der Waals surface area (Å²) >= 11 is 0. The van der Waals surface area contributed by atoms with Crippen molar-refractivity contribution < 1.29 is 33.4 Å². The predicted molar refractivity (Wildman–Crippen MR) is 95.4 cm³/mol. The Morgan fingerprint density at radius 3 is 1.89 bits per heavy atom. The Morgan fingerprint density at radius 1 is 0.889 bits per heavy atom. The van der Waals surface area contributed by atoms with E-state index in [0.717, 1.165) is 26.9 Å². The van der Waals surface area contributed by atoms with Gasteiger partial charge in [0, 0.05) is 12.3 Å². The zero-order valence-corrected chi connectivity index (χ0v) is 15.9. The number of methoxy groups -OCH3 is 3. The number of hydrogen-bond acceptors (Lipinski definition) is 7. The summed E-state index contributed by atoms with van der Waals surface area (Å²) in [5, 5.41) is 2.55. The molecule has 0 radical (unpaired) electrons. The van der Waals surface area contributed by atoms with Crippen molar-refractivity contribution in [2.24, 2.45) is 11.8 Å². The molecule has 1 aromatic rings. The van der Waals surface area contributed by atoms with Crippen LogP contribution in [0, 0.1) is 11.8 Å². The minimum atomic E-state index is -1.38. The van der Waals surface area contributed by atoms with Gasteiger partial charge in [-0.15, -0.1) is 0 Å². The van der Waals surface area contributed by atoms with Gasteiger partial charge in [-0.1, -0.05) is 37.3 Å². The van der Waals surface area contributed by atoms with E-state index in [1.54, 1.807) is 0 Å². The van der Waals surface area contributed by atoms with E-state index in [1.165, 1.54) is 6.92 Å². The van der Waals surface area contributed by atoms with Gasteiger partial charge >= 0.3 is 17.9 Å². The predicted octanol–water partition coefficient (Wildman–Crippen LogP) is 0.875. The first kappa shape index (κ1) is 22.1. The van der Waals surface area contributed by atoms with Crippen LogP contribution in [0.4, 0.5) is 0 Å². The van der Waals surface area contributed by atoms with Crippen molar-refractivity contribution in [1.82, 2.24) is 5.32 Å². The lowest BCUT2D eigenvalue weighted by atomic mass is 9.87. The van der Waals surface area contributed by atoms with E-state index in [1.807, 2.05) is 30.3 Å². The number of aryl methyl sites for hydroxylation is 1. The van der Waals surface area contributed by atoms with Crippen molar-refractivity contribution in [3.63, 3.8) is 0 Å². The van der Waals surface area contributed by atoms with Crippen LogP contribution < -0.4 is 5.32 Å². The first-order valence-corrected chi connectivity index (χ1v) is 8.42. The molecule has 8 heteroatoms. The molecule has 0 saturated heterocycles. The molecule has 0 aliphatic heterocycles. The summed E-state index contributed by atoms with van der Waals surface area (Å²) < 4.78 is 14.0. The molecular weight excluding hydrogens is 354 g/mol. The molecule has 0 aliphatic carbocycles. The van der Waals surface area contributed by atoms with Crippen LogP contribution in [0.25, 0.3) is 0 Å². The molecule has 1 N–H and O–H groups in total. The second kappa shape index (κ2) is 10.9. The SMILES string of the molecule is COC(=O)C(C(=O)OC)[C@H](C)[C@H](NC(=O)CCc1ccccc1)C(=O)OC. The first-order chi connectivity index (χ1) is 12.8. The molecule has 0 saturated carbocycles. The van der Waals surface area contributed by atoms with E-state index in [4.69, 9.17) is 4.74 Å². The van der Waals surface area contributed by atoms with Crippen molar-refractivity contribution >= 4 is 23.8 Å². The zero-order valence-electron chi connectivity index (χ0n) is 15.9. The van der Waals surface area contributed by atoms with Crippen molar-refractivity contribution in [2.45, 2.75) is 25.8 Å². The lowest BCUT2D eigenvalue weighted by Gasteiger charge is -2.27. The maximum absolute atomic E-state index is 12.3. The first-order valence-electron chi connectivity index (χ1n) is 8.42. The van der Waals surface area contributed by atoms with Gasteiger partial charge in [0.2, 0.25) is 5.91 Å². The van der Waals surface area contributed by atoms with E-state index in [0.29, 0.717) is 6.42 Å². The number of amides is 1. The highest BCUT2D eigenvalue weighted by Crippen LogP contribution is 2.20. The van der Waals surface area contributed by atoms with Gasteiger partial charge in [-0.3, -0.25) is 14.4 Å². The molecule has 8 nitrogen and oxygen atoms in total. The number of carbonyl (C=O) groups is 4. The third-order valence-electron chi connectivity index (χ3n) is 4.22. The Bertz CT molecular complexity index is 643. The van der Waals surface area contributed by atoms with Crippen molar-refractivity contribution in [2.75, 3.05) is 21.3 Å². The molecule has 27 heavy (non-hydrogen) atoms. The standard InChI is InChI=1S/C19H25NO7/c1-12(15(17(22)25-2)18(23)26-3)16(19(24)27-4)20-14(21)11-10-13-8-6-5-7-9-13/h5-9,12,15-16H,10-11H2,1-4H3,(H,20,21)/t12-,16-/m0/s1. The minimum absolute atomic E-state index is 0.130. The Labute approximate surface area is 158 Å². The number of carbonyl (C=O) groups excluding carboxylic acids is 4. The molecule has 0 spiro atoms. The van der Waals surface area contributed by atoms with Gasteiger partial charge in [-0.05, 0) is 12.0 Å². The molecule has 0 aliphatic rings. The second-order valence-electron chi connectivity index (χ2n) is 5.94. The Balaban J connectivity index is 2.89. The van der Waals surface area contributed by atoms with E-state index >= 15 is 0 Å². The summed E-state index contributed by atoms with van der Waals surface area (Å²) in [7, 11) is 3.40. The third-order valence-corrected chi connectivity index (χ3v) is 4.22. The summed E-state index contributed by atoms with van der Waals surface area (Å²) in [6.45, 7) is 1.47. The van der Waals surface area contributed by atoms with E-state index < -0.39 is 41.7 Å². The van der Waals surface area contributed by atoms with E-state index in [2.05, 4.69) is 14.8 Å². The van der Waals surface area contributed by atoms with Crippen LogP contribution in [0.3, 0.4) is 0 Å². The van der Waals surface area contributed by atoms with Gasteiger partial charge in [0.15, 0.2) is 5.92 Å². The van der Waals surface area contributed by atoms with Crippen LogP contribution in [-0.4, -0.2) is 51.2 Å². The van der Waals surface area contributed by atoms with Crippen molar-refractivity contribution in [1.29, 1.82) is 0 Å². The second-order valence-corrected chi connectivity index (χ2v) is 5.94. The van der Waals surface area contributed by atoms with Crippen LogP contribution in [0.1, 0.15) is 18.9 Å². The molecule has 0 unspecified atom stereocenters. The van der Waals surface area contributed by atoms with Crippen LogP contribution in [0.2, 0.25) is 0 Å².